The average molecular weight is 353 g/mol. The van der Waals surface area contributed by atoms with Gasteiger partial charge in [-0.05, 0) is 31.9 Å². The number of esters is 1. The normalized spacial score (nSPS) is 17.8. The summed E-state index contributed by atoms with van der Waals surface area (Å²) in [6, 6.07) is 5.69. The fraction of sp³-hybridized carbons (Fsp3) is 0.529. The fourth-order valence-electron chi connectivity index (χ4n) is 3.06. The first-order chi connectivity index (χ1) is 11.3. The van der Waals surface area contributed by atoms with Crippen LogP contribution in [0, 0.1) is 0 Å². The Balaban J connectivity index is 2.32. The van der Waals surface area contributed by atoms with Gasteiger partial charge in [0.1, 0.15) is 5.54 Å². The standard InChI is InChI=1S/C17H23NO5S/c1-13(19)14-7-9-15(10-8-14)24(21,22)18-17(16(20)23-2)11-5-3-4-6-12-17/h7-10,18H,3-6,11-12H2,1-2H3. The number of methoxy groups -OCH3 is 1. The van der Waals surface area contributed by atoms with Crippen molar-refractivity contribution < 1.29 is 22.7 Å². The first kappa shape index (κ1) is 18.6. The van der Waals surface area contributed by atoms with Gasteiger partial charge in [-0.2, -0.15) is 4.72 Å². The van der Waals surface area contributed by atoms with E-state index in [1.54, 1.807) is 0 Å². The molecular weight excluding hydrogens is 330 g/mol. The maximum Gasteiger partial charge on any atom is 0.327 e. The van der Waals surface area contributed by atoms with Crippen molar-refractivity contribution in [2.45, 2.75) is 55.9 Å². The van der Waals surface area contributed by atoms with Gasteiger partial charge in [0.25, 0.3) is 0 Å². The van der Waals surface area contributed by atoms with E-state index in [9.17, 15) is 18.0 Å². The van der Waals surface area contributed by atoms with Crippen molar-refractivity contribution in [3.05, 3.63) is 29.8 Å². The monoisotopic (exact) mass is 353 g/mol. The molecule has 1 aromatic carbocycles. The average Bonchev–Trinajstić information content (AvgIpc) is 2.80. The summed E-state index contributed by atoms with van der Waals surface area (Å²) in [7, 11) is -2.63. The molecule has 0 unspecified atom stereocenters. The van der Waals surface area contributed by atoms with Gasteiger partial charge in [-0.1, -0.05) is 37.8 Å². The molecule has 0 heterocycles. The van der Waals surface area contributed by atoms with E-state index in [0.29, 0.717) is 18.4 Å². The van der Waals surface area contributed by atoms with Gasteiger partial charge < -0.3 is 4.74 Å². The summed E-state index contributed by atoms with van der Waals surface area (Å²) in [6.07, 6.45) is 4.30. The topological polar surface area (TPSA) is 89.5 Å². The van der Waals surface area contributed by atoms with Crippen LogP contribution in [0.5, 0.6) is 0 Å². The molecule has 0 aromatic heterocycles. The Morgan fingerprint density at radius 2 is 1.58 bits per heavy atom. The second-order valence-electron chi connectivity index (χ2n) is 6.17. The van der Waals surface area contributed by atoms with Gasteiger partial charge >= 0.3 is 5.97 Å². The molecule has 0 atom stereocenters. The SMILES string of the molecule is COC(=O)C1(NS(=O)(=O)c2ccc(C(C)=O)cc2)CCCCCC1. The Labute approximate surface area is 142 Å². The minimum Gasteiger partial charge on any atom is -0.468 e. The summed E-state index contributed by atoms with van der Waals surface area (Å²) < 4.78 is 32.9. The molecule has 1 N–H and O–H groups in total. The molecule has 1 aliphatic carbocycles. The van der Waals surface area contributed by atoms with Crippen molar-refractivity contribution in [3.8, 4) is 0 Å². The van der Waals surface area contributed by atoms with Gasteiger partial charge in [0.2, 0.25) is 10.0 Å². The van der Waals surface area contributed by atoms with Crippen molar-refractivity contribution in [2.75, 3.05) is 7.11 Å². The van der Waals surface area contributed by atoms with Crippen molar-refractivity contribution in [3.63, 3.8) is 0 Å². The zero-order valence-corrected chi connectivity index (χ0v) is 14.8. The number of rotatable bonds is 5. The van der Waals surface area contributed by atoms with E-state index in [2.05, 4.69) is 4.72 Å². The number of Topliss-reactive ketones (excluding diaryl/α,β-unsaturated/α-hetero) is 1. The molecule has 1 saturated carbocycles. The Morgan fingerprint density at radius 3 is 2.04 bits per heavy atom. The summed E-state index contributed by atoms with van der Waals surface area (Å²) in [4.78, 5) is 23.6. The zero-order valence-electron chi connectivity index (χ0n) is 14.0. The number of carbonyl (C=O) groups is 2. The maximum absolute atomic E-state index is 12.7. The quantitative estimate of drug-likeness (QED) is 0.499. The lowest BCUT2D eigenvalue weighted by Crippen LogP contribution is -2.54. The molecule has 0 amide bonds. The van der Waals surface area contributed by atoms with E-state index in [1.807, 2.05) is 0 Å². The molecule has 0 aliphatic heterocycles. The lowest BCUT2D eigenvalue weighted by Gasteiger charge is -2.30. The van der Waals surface area contributed by atoms with Crippen LogP contribution in [0.15, 0.2) is 29.2 Å². The first-order valence-electron chi connectivity index (χ1n) is 8.04. The van der Waals surface area contributed by atoms with Crippen LogP contribution in [0.2, 0.25) is 0 Å². The first-order valence-corrected chi connectivity index (χ1v) is 9.52. The third-order valence-electron chi connectivity index (χ3n) is 4.43. The Bertz CT molecular complexity index is 701. The highest BCUT2D eigenvalue weighted by molar-refractivity contribution is 7.89. The van der Waals surface area contributed by atoms with Gasteiger partial charge in [-0.15, -0.1) is 0 Å². The lowest BCUT2D eigenvalue weighted by molar-refractivity contribution is -0.148. The van der Waals surface area contributed by atoms with Crippen LogP contribution in [0.25, 0.3) is 0 Å². The van der Waals surface area contributed by atoms with Crippen LogP contribution >= 0.6 is 0 Å². The lowest BCUT2D eigenvalue weighted by atomic mass is 9.92. The van der Waals surface area contributed by atoms with Crippen LogP contribution in [0.1, 0.15) is 55.8 Å². The largest absolute Gasteiger partial charge is 0.468 e. The number of benzene rings is 1. The van der Waals surface area contributed by atoms with Crippen LogP contribution in [0.3, 0.4) is 0 Å². The van der Waals surface area contributed by atoms with Crippen molar-refractivity contribution in [1.82, 2.24) is 4.72 Å². The summed E-state index contributed by atoms with van der Waals surface area (Å²) >= 11 is 0. The molecule has 24 heavy (non-hydrogen) atoms. The van der Waals surface area contributed by atoms with Crippen molar-refractivity contribution in [1.29, 1.82) is 0 Å². The minimum absolute atomic E-state index is 0.0278. The van der Waals surface area contributed by atoms with Crippen LogP contribution < -0.4 is 4.72 Å². The van der Waals surface area contributed by atoms with Crippen molar-refractivity contribution in [2.24, 2.45) is 0 Å². The van der Waals surface area contributed by atoms with Crippen molar-refractivity contribution >= 4 is 21.8 Å². The molecule has 7 heteroatoms. The van der Waals surface area contributed by atoms with E-state index in [4.69, 9.17) is 4.74 Å². The molecule has 132 valence electrons. The predicted molar refractivity (Wildman–Crippen MR) is 89.2 cm³/mol. The summed E-state index contributed by atoms with van der Waals surface area (Å²) in [5.74, 6) is -0.685. The fourth-order valence-corrected chi connectivity index (χ4v) is 4.47. The predicted octanol–water partition coefficient (Wildman–Crippen LogP) is 2.43. The van der Waals surface area contributed by atoms with Gasteiger partial charge in [0, 0.05) is 5.56 Å². The van der Waals surface area contributed by atoms with E-state index in [0.717, 1.165) is 25.7 Å². The summed E-state index contributed by atoms with van der Waals surface area (Å²) in [5, 5.41) is 0. The molecule has 1 fully saturated rings. The second kappa shape index (κ2) is 7.44. The Kier molecular flexibility index (Phi) is 5.77. The second-order valence-corrected chi connectivity index (χ2v) is 7.86. The number of nitrogens with one attached hydrogen (secondary N) is 1. The molecule has 0 saturated heterocycles. The van der Waals surface area contributed by atoms with Gasteiger partial charge in [-0.3, -0.25) is 9.59 Å². The van der Waals surface area contributed by atoms with E-state index in [-0.39, 0.29) is 10.7 Å². The summed E-state index contributed by atoms with van der Waals surface area (Å²) in [6.45, 7) is 1.42. The van der Waals surface area contributed by atoms with E-state index >= 15 is 0 Å². The molecule has 1 aromatic rings. The van der Waals surface area contributed by atoms with Gasteiger partial charge in [0.05, 0.1) is 12.0 Å². The number of hydrogen-bond donors (Lipinski definition) is 1. The number of ether oxygens (including phenoxy) is 1. The molecule has 1 aliphatic rings. The molecule has 0 radical (unpaired) electrons. The third kappa shape index (κ3) is 4.02. The minimum atomic E-state index is -3.89. The van der Waals surface area contributed by atoms with Crippen LogP contribution in [-0.2, 0) is 19.6 Å². The molecule has 0 spiro atoms. The molecular formula is C17H23NO5S. The summed E-state index contributed by atoms with van der Waals surface area (Å²) in [5.41, 5.74) is -0.783. The number of hydrogen-bond acceptors (Lipinski definition) is 5. The Hall–Kier alpha value is -1.73. The molecule has 6 nitrogen and oxygen atoms in total. The number of ketones is 1. The number of carbonyl (C=O) groups excluding carboxylic acids is 2. The zero-order chi connectivity index (χ0) is 17.8. The maximum atomic E-state index is 12.7. The van der Waals surface area contributed by atoms with Gasteiger partial charge in [0.15, 0.2) is 5.78 Å². The van der Waals surface area contributed by atoms with E-state index < -0.39 is 21.5 Å². The highest BCUT2D eigenvalue weighted by Gasteiger charge is 2.43. The van der Waals surface area contributed by atoms with Crippen LogP contribution in [-0.4, -0.2) is 32.8 Å². The molecule has 0 bridgehead atoms. The highest BCUT2D eigenvalue weighted by Crippen LogP contribution is 2.30. The third-order valence-corrected chi connectivity index (χ3v) is 5.99. The number of sulfonamides is 1. The van der Waals surface area contributed by atoms with Gasteiger partial charge in [-0.25, -0.2) is 8.42 Å². The highest BCUT2D eigenvalue weighted by atomic mass is 32.2. The Morgan fingerprint density at radius 1 is 1.04 bits per heavy atom. The smallest absolute Gasteiger partial charge is 0.327 e. The van der Waals surface area contributed by atoms with E-state index in [1.165, 1.54) is 38.3 Å². The van der Waals surface area contributed by atoms with Crippen LogP contribution in [0.4, 0.5) is 0 Å². The molecule has 2 rings (SSSR count).